The van der Waals surface area contributed by atoms with Crippen LogP contribution < -0.4 is 5.32 Å². The maximum atomic E-state index is 11.3. The van der Waals surface area contributed by atoms with Crippen molar-refractivity contribution < 1.29 is 17.9 Å². The summed E-state index contributed by atoms with van der Waals surface area (Å²) in [6, 6.07) is 6.13. The molecule has 0 amide bonds. The largest absolute Gasteiger partial charge is 0.468 e. The van der Waals surface area contributed by atoms with Gasteiger partial charge in [-0.1, -0.05) is 12.1 Å². The van der Waals surface area contributed by atoms with Crippen molar-refractivity contribution in [2.45, 2.75) is 24.4 Å². The molecule has 0 heterocycles. The number of hydrogen-bond acceptors (Lipinski definition) is 5. The van der Waals surface area contributed by atoms with Gasteiger partial charge in [0.25, 0.3) is 0 Å². The van der Waals surface area contributed by atoms with Crippen LogP contribution in [0.25, 0.3) is 0 Å². The van der Waals surface area contributed by atoms with Crippen molar-refractivity contribution in [1.82, 2.24) is 5.32 Å². The molecule has 0 aromatic heterocycles. The van der Waals surface area contributed by atoms with Crippen molar-refractivity contribution in [2.24, 2.45) is 0 Å². The third-order valence-electron chi connectivity index (χ3n) is 2.52. The van der Waals surface area contributed by atoms with E-state index in [1.54, 1.807) is 31.2 Å². The van der Waals surface area contributed by atoms with Gasteiger partial charge in [0, 0.05) is 12.8 Å². The molecule has 0 aliphatic rings. The zero-order valence-electron chi connectivity index (χ0n) is 10.6. The highest BCUT2D eigenvalue weighted by Gasteiger charge is 2.12. The highest BCUT2D eigenvalue weighted by atomic mass is 32.2. The zero-order valence-corrected chi connectivity index (χ0v) is 11.5. The fourth-order valence-corrected chi connectivity index (χ4v) is 2.02. The number of benzene rings is 1. The smallest absolute Gasteiger partial charge is 0.322 e. The number of esters is 1. The molecule has 0 bridgehead atoms. The first-order valence-corrected chi connectivity index (χ1v) is 7.34. The lowest BCUT2D eigenvalue weighted by molar-refractivity contribution is -0.142. The number of hydrogen-bond donors (Lipinski definition) is 1. The Kier molecular flexibility index (Phi) is 4.86. The zero-order chi connectivity index (χ0) is 13.8. The molecule has 0 saturated heterocycles. The molecule has 0 fully saturated rings. The van der Waals surface area contributed by atoms with E-state index in [9.17, 15) is 13.2 Å². The van der Waals surface area contributed by atoms with Crippen LogP contribution in [0, 0.1) is 0 Å². The van der Waals surface area contributed by atoms with Crippen molar-refractivity contribution in [3.63, 3.8) is 0 Å². The quantitative estimate of drug-likeness (QED) is 0.800. The molecule has 100 valence electrons. The van der Waals surface area contributed by atoms with E-state index in [1.165, 1.54) is 13.4 Å². The maximum Gasteiger partial charge on any atom is 0.322 e. The number of carbonyl (C=O) groups is 1. The Morgan fingerprint density at radius 2 is 1.89 bits per heavy atom. The van der Waals surface area contributed by atoms with Crippen molar-refractivity contribution in [2.75, 3.05) is 13.4 Å². The second-order valence-electron chi connectivity index (χ2n) is 4.04. The molecule has 1 unspecified atom stereocenters. The molecule has 18 heavy (non-hydrogen) atoms. The highest BCUT2D eigenvalue weighted by molar-refractivity contribution is 7.90. The molecule has 5 nitrogen and oxygen atoms in total. The predicted molar refractivity (Wildman–Crippen MR) is 67.9 cm³/mol. The molecule has 0 saturated carbocycles. The van der Waals surface area contributed by atoms with Gasteiger partial charge in [0.05, 0.1) is 12.0 Å². The minimum absolute atomic E-state index is 0.285. The summed E-state index contributed by atoms with van der Waals surface area (Å²) in [5.74, 6) is -0.331. The van der Waals surface area contributed by atoms with Crippen LogP contribution in [0.1, 0.15) is 12.5 Å². The second-order valence-corrected chi connectivity index (χ2v) is 6.06. The molecule has 1 N–H and O–H groups in total. The van der Waals surface area contributed by atoms with Crippen molar-refractivity contribution >= 4 is 15.8 Å². The van der Waals surface area contributed by atoms with Gasteiger partial charge in [0.15, 0.2) is 9.84 Å². The molecule has 1 aromatic carbocycles. The van der Waals surface area contributed by atoms with E-state index in [1.807, 2.05) is 0 Å². The van der Waals surface area contributed by atoms with Crippen LogP contribution in [0.15, 0.2) is 29.2 Å². The number of ether oxygens (including phenoxy) is 1. The van der Waals surface area contributed by atoms with Gasteiger partial charge in [-0.25, -0.2) is 8.42 Å². The van der Waals surface area contributed by atoms with Gasteiger partial charge in [-0.2, -0.15) is 0 Å². The molecule has 6 heteroatoms. The molecule has 0 radical (unpaired) electrons. The average Bonchev–Trinajstić information content (AvgIpc) is 2.34. The van der Waals surface area contributed by atoms with Crippen molar-refractivity contribution in [1.29, 1.82) is 0 Å². The summed E-state index contributed by atoms with van der Waals surface area (Å²) in [6.07, 6.45) is 1.17. The second kappa shape index (κ2) is 5.97. The lowest BCUT2D eigenvalue weighted by Gasteiger charge is -2.11. The normalized spacial score (nSPS) is 13.1. The van der Waals surface area contributed by atoms with Crippen LogP contribution >= 0.6 is 0 Å². The fourth-order valence-electron chi connectivity index (χ4n) is 1.39. The van der Waals surface area contributed by atoms with E-state index >= 15 is 0 Å². The van der Waals surface area contributed by atoms with E-state index in [-0.39, 0.29) is 10.9 Å². The summed E-state index contributed by atoms with van der Waals surface area (Å²) in [4.78, 5) is 11.4. The molecule has 1 rings (SSSR count). The molecule has 0 aliphatic carbocycles. The van der Waals surface area contributed by atoms with E-state index in [0.717, 1.165) is 5.56 Å². The first-order valence-electron chi connectivity index (χ1n) is 5.45. The molecular weight excluding hydrogens is 254 g/mol. The molecule has 1 aromatic rings. The van der Waals surface area contributed by atoms with Gasteiger partial charge in [-0.15, -0.1) is 0 Å². The number of methoxy groups -OCH3 is 1. The summed E-state index contributed by atoms with van der Waals surface area (Å²) in [7, 11) is -1.83. The first kappa shape index (κ1) is 14.7. The van der Waals surface area contributed by atoms with E-state index in [4.69, 9.17) is 0 Å². The predicted octanol–water partition coefficient (Wildman–Crippen LogP) is 0.741. The third-order valence-corrected chi connectivity index (χ3v) is 3.65. The molecule has 0 spiro atoms. The SMILES string of the molecule is COC(=O)C(C)NCc1ccc(S(C)(=O)=O)cc1. The van der Waals surface area contributed by atoms with Crippen LogP contribution in [-0.2, 0) is 25.9 Å². The Morgan fingerprint density at radius 3 is 2.33 bits per heavy atom. The van der Waals surface area contributed by atoms with Gasteiger partial charge in [-0.05, 0) is 24.6 Å². The first-order chi connectivity index (χ1) is 8.34. The fraction of sp³-hybridized carbons (Fsp3) is 0.417. The average molecular weight is 271 g/mol. The molecule has 1 atom stereocenters. The number of nitrogens with one attached hydrogen (secondary N) is 1. The van der Waals surface area contributed by atoms with Crippen LogP contribution in [0.5, 0.6) is 0 Å². The van der Waals surface area contributed by atoms with E-state index in [2.05, 4.69) is 10.1 Å². The summed E-state index contributed by atoms with van der Waals surface area (Å²) in [5.41, 5.74) is 0.901. The molecular formula is C12H17NO4S. The maximum absolute atomic E-state index is 11.3. The minimum atomic E-state index is -3.16. The summed E-state index contributed by atoms with van der Waals surface area (Å²) in [6.45, 7) is 2.18. The van der Waals surface area contributed by atoms with Crippen molar-refractivity contribution in [3.05, 3.63) is 29.8 Å². The highest BCUT2D eigenvalue weighted by Crippen LogP contribution is 2.10. The van der Waals surface area contributed by atoms with Crippen LogP contribution in [0.4, 0.5) is 0 Å². The molecule has 0 aliphatic heterocycles. The lowest BCUT2D eigenvalue weighted by atomic mass is 10.2. The Hall–Kier alpha value is -1.40. The standard InChI is InChI=1S/C12H17NO4S/c1-9(12(14)17-2)13-8-10-4-6-11(7-5-10)18(3,15)16/h4-7,9,13H,8H2,1-3H3. The summed E-state index contributed by atoms with van der Waals surface area (Å²) < 4.78 is 27.1. The topological polar surface area (TPSA) is 72.5 Å². The van der Waals surface area contributed by atoms with Gasteiger partial charge >= 0.3 is 5.97 Å². The Morgan fingerprint density at radius 1 is 1.33 bits per heavy atom. The van der Waals surface area contributed by atoms with Gasteiger partial charge in [0.2, 0.25) is 0 Å². The van der Waals surface area contributed by atoms with Gasteiger partial charge < -0.3 is 10.1 Å². The lowest BCUT2D eigenvalue weighted by Crippen LogP contribution is -2.34. The minimum Gasteiger partial charge on any atom is -0.468 e. The third kappa shape index (κ3) is 4.12. The van der Waals surface area contributed by atoms with Crippen LogP contribution in [0.2, 0.25) is 0 Å². The van der Waals surface area contributed by atoms with E-state index < -0.39 is 15.9 Å². The van der Waals surface area contributed by atoms with E-state index in [0.29, 0.717) is 6.54 Å². The monoisotopic (exact) mass is 271 g/mol. The number of rotatable bonds is 5. The van der Waals surface area contributed by atoms with Crippen LogP contribution in [0.3, 0.4) is 0 Å². The van der Waals surface area contributed by atoms with Crippen molar-refractivity contribution in [3.8, 4) is 0 Å². The van der Waals surface area contributed by atoms with Gasteiger partial charge in [-0.3, -0.25) is 4.79 Å². The Balaban J connectivity index is 2.63. The number of sulfone groups is 1. The van der Waals surface area contributed by atoms with Gasteiger partial charge in [0.1, 0.15) is 6.04 Å². The Labute approximate surface area is 107 Å². The number of carbonyl (C=O) groups excluding carboxylic acids is 1. The van der Waals surface area contributed by atoms with Crippen LogP contribution in [-0.4, -0.2) is 33.8 Å². The summed E-state index contributed by atoms with van der Waals surface area (Å²) in [5, 5.41) is 2.98. The summed E-state index contributed by atoms with van der Waals surface area (Å²) >= 11 is 0. The Bertz CT molecular complexity index is 507.